The van der Waals surface area contributed by atoms with Gasteiger partial charge in [0, 0.05) is 44.2 Å². The lowest BCUT2D eigenvalue weighted by Crippen LogP contribution is -2.61. The Balaban J connectivity index is 1.42. The number of hydrogen-bond donors (Lipinski definition) is 1. The summed E-state index contributed by atoms with van der Waals surface area (Å²) in [5.41, 5.74) is 1.82. The van der Waals surface area contributed by atoms with Gasteiger partial charge in [0.2, 0.25) is 5.91 Å². The average molecular weight is 460 g/mol. The van der Waals surface area contributed by atoms with Gasteiger partial charge in [-0.05, 0) is 55.2 Å². The van der Waals surface area contributed by atoms with E-state index < -0.39 is 17.7 Å². The Bertz CT molecular complexity index is 992. The summed E-state index contributed by atoms with van der Waals surface area (Å²) >= 11 is 0. The minimum absolute atomic E-state index is 0.0185. The van der Waals surface area contributed by atoms with Crippen molar-refractivity contribution in [2.24, 2.45) is 5.92 Å². The summed E-state index contributed by atoms with van der Waals surface area (Å²) < 4.78 is 45.7. The number of anilines is 2. The van der Waals surface area contributed by atoms with Crippen LogP contribution in [0.1, 0.15) is 24.0 Å². The van der Waals surface area contributed by atoms with Crippen LogP contribution >= 0.6 is 0 Å². The second-order valence-electron chi connectivity index (χ2n) is 9.07. The van der Waals surface area contributed by atoms with Gasteiger partial charge in [0.05, 0.1) is 23.6 Å². The van der Waals surface area contributed by atoms with E-state index in [0.717, 1.165) is 36.8 Å². The Morgan fingerprint density at radius 1 is 1.12 bits per heavy atom. The van der Waals surface area contributed by atoms with Crippen LogP contribution in [0.25, 0.3) is 0 Å². The van der Waals surface area contributed by atoms with Crippen molar-refractivity contribution >= 4 is 17.3 Å². The second-order valence-corrected chi connectivity index (χ2v) is 9.07. The number of halogens is 3. The number of carbonyl (C=O) groups is 1. The van der Waals surface area contributed by atoms with Crippen LogP contribution < -0.4 is 15.1 Å². The number of hydrogen-bond acceptors (Lipinski definition) is 4. The normalized spacial score (nSPS) is 24.9. The highest BCUT2D eigenvalue weighted by atomic mass is 19.4. The van der Waals surface area contributed by atoms with Gasteiger partial charge in [-0.15, -0.1) is 0 Å². The summed E-state index contributed by atoms with van der Waals surface area (Å²) in [5.74, 6) is -0.549. The molecule has 3 atom stereocenters. The molecule has 2 aromatic rings. The van der Waals surface area contributed by atoms with Crippen molar-refractivity contribution in [1.29, 1.82) is 0 Å². The Kier molecular flexibility index (Phi) is 5.95. The highest BCUT2D eigenvalue weighted by Crippen LogP contribution is 2.40. The summed E-state index contributed by atoms with van der Waals surface area (Å²) in [6.07, 6.45) is -2.19. The fourth-order valence-corrected chi connectivity index (χ4v) is 5.32. The van der Waals surface area contributed by atoms with Crippen LogP contribution in [0, 0.1) is 5.92 Å². The lowest BCUT2D eigenvalue weighted by molar-refractivity contribution is -0.137. The number of nitrogens with one attached hydrogen (secondary N) is 1. The molecule has 2 aromatic carbocycles. The Morgan fingerprint density at radius 2 is 1.94 bits per heavy atom. The predicted octanol–water partition coefficient (Wildman–Crippen LogP) is 3.87. The Hall–Kier alpha value is -2.74. The number of amides is 1. The molecular weight excluding hydrogens is 431 g/mol. The molecule has 3 aliphatic rings. The summed E-state index contributed by atoms with van der Waals surface area (Å²) in [6, 6.07) is 13.9. The molecule has 0 unspecified atom stereocenters. The van der Waals surface area contributed by atoms with Gasteiger partial charge in [0.25, 0.3) is 0 Å². The molecule has 8 heteroatoms. The van der Waals surface area contributed by atoms with Crippen LogP contribution in [0.3, 0.4) is 0 Å². The van der Waals surface area contributed by atoms with Crippen LogP contribution in [0.5, 0.6) is 0 Å². The first-order valence-electron chi connectivity index (χ1n) is 11.6. The number of nitrogens with zero attached hydrogens (tertiary/aromatic N) is 2. The molecule has 3 heterocycles. The Labute approximate surface area is 191 Å². The van der Waals surface area contributed by atoms with E-state index >= 15 is 0 Å². The maximum Gasteiger partial charge on any atom is 0.416 e. The van der Waals surface area contributed by atoms with E-state index in [2.05, 4.69) is 27.2 Å². The molecule has 0 aromatic heterocycles. The summed E-state index contributed by atoms with van der Waals surface area (Å²) in [4.78, 5) is 17.7. The zero-order valence-electron chi connectivity index (χ0n) is 18.4. The third-order valence-electron chi connectivity index (χ3n) is 7.03. The lowest BCUT2D eigenvalue weighted by atomic mass is 9.82. The van der Waals surface area contributed by atoms with Crippen molar-refractivity contribution in [3.05, 3.63) is 59.7 Å². The van der Waals surface area contributed by atoms with Gasteiger partial charge in [0.15, 0.2) is 0 Å². The van der Waals surface area contributed by atoms with Crippen molar-refractivity contribution in [2.75, 3.05) is 42.6 Å². The summed E-state index contributed by atoms with van der Waals surface area (Å²) in [5, 5.41) is 3.03. The molecule has 0 radical (unpaired) electrons. The van der Waals surface area contributed by atoms with Crippen molar-refractivity contribution < 1.29 is 22.7 Å². The number of rotatable bonds is 4. The molecular formula is C25H28F3N3O2. The molecule has 1 N–H and O–H groups in total. The molecule has 2 fully saturated rings. The fraction of sp³-hybridized carbons (Fsp3) is 0.480. The molecule has 0 aliphatic carbocycles. The zero-order valence-corrected chi connectivity index (χ0v) is 18.4. The van der Waals surface area contributed by atoms with E-state index in [9.17, 15) is 18.0 Å². The lowest BCUT2D eigenvalue weighted by Gasteiger charge is -2.49. The van der Waals surface area contributed by atoms with Gasteiger partial charge in [-0.3, -0.25) is 4.79 Å². The van der Waals surface area contributed by atoms with Crippen LogP contribution in [-0.4, -0.2) is 50.8 Å². The quantitative estimate of drug-likeness (QED) is 0.754. The first kappa shape index (κ1) is 22.1. The molecule has 5 rings (SSSR count). The smallest absolute Gasteiger partial charge is 0.376 e. The van der Waals surface area contributed by atoms with Gasteiger partial charge in [-0.1, -0.05) is 18.2 Å². The molecule has 0 saturated carbocycles. The molecule has 3 aliphatic heterocycles. The van der Waals surface area contributed by atoms with Gasteiger partial charge >= 0.3 is 6.18 Å². The number of fused-ring (bicyclic) bond motifs is 3. The summed E-state index contributed by atoms with van der Waals surface area (Å²) in [6.45, 7) is 3.18. The van der Waals surface area contributed by atoms with E-state index in [1.165, 1.54) is 6.07 Å². The van der Waals surface area contributed by atoms with Crippen LogP contribution in [-0.2, 0) is 22.1 Å². The Morgan fingerprint density at radius 3 is 2.67 bits per heavy atom. The van der Waals surface area contributed by atoms with Crippen LogP contribution in [0.15, 0.2) is 48.5 Å². The molecule has 33 heavy (non-hydrogen) atoms. The number of alkyl halides is 3. The van der Waals surface area contributed by atoms with Gasteiger partial charge < -0.3 is 19.9 Å². The van der Waals surface area contributed by atoms with Crippen molar-refractivity contribution in [1.82, 2.24) is 5.32 Å². The molecule has 1 amide bonds. The zero-order chi connectivity index (χ0) is 23.0. The maximum atomic E-state index is 13.4. The average Bonchev–Trinajstić information content (AvgIpc) is 3.35. The largest absolute Gasteiger partial charge is 0.416 e. The van der Waals surface area contributed by atoms with E-state index in [1.54, 1.807) is 6.07 Å². The van der Waals surface area contributed by atoms with Gasteiger partial charge in [0.1, 0.15) is 0 Å². The molecule has 5 nitrogen and oxygen atoms in total. The number of benzene rings is 2. The highest BCUT2D eigenvalue weighted by molar-refractivity contribution is 5.82. The maximum absolute atomic E-state index is 13.4. The van der Waals surface area contributed by atoms with E-state index in [-0.39, 0.29) is 18.1 Å². The molecule has 2 saturated heterocycles. The standard InChI is InChI=1S/C25H28F3N3O2/c26-25(27,28)18-8-9-22-17(13-18)14-21(24(32)29-15-20-7-4-12-33-20)23-16-30(10-11-31(22)23)19-5-2-1-3-6-19/h1-3,5-6,8-9,13,20-21,23H,4,7,10-12,14-16H2,(H,29,32)/t20-,21-,23-/m0/s1. The fourth-order valence-electron chi connectivity index (χ4n) is 5.32. The van der Waals surface area contributed by atoms with Crippen LogP contribution in [0.2, 0.25) is 0 Å². The highest BCUT2D eigenvalue weighted by Gasteiger charge is 2.43. The molecule has 0 bridgehead atoms. The van der Waals surface area contributed by atoms with Crippen LogP contribution in [0.4, 0.5) is 24.5 Å². The number of ether oxygens (including phenoxy) is 1. The summed E-state index contributed by atoms with van der Waals surface area (Å²) in [7, 11) is 0. The van der Waals surface area contributed by atoms with Gasteiger partial charge in [-0.2, -0.15) is 13.2 Å². The first-order valence-corrected chi connectivity index (χ1v) is 11.6. The molecule has 176 valence electrons. The third kappa shape index (κ3) is 4.53. The monoisotopic (exact) mass is 459 g/mol. The van der Waals surface area contributed by atoms with E-state index in [4.69, 9.17) is 4.74 Å². The number of para-hydroxylation sites is 1. The topological polar surface area (TPSA) is 44.8 Å². The van der Waals surface area contributed by atoms with Gasteiger partial charge in [-0.25, -0.2) is 0 Å². The second kappa shape index (κ2) is 8.89. The number of carbonyl (C=O) groups excluding carboxylic acids is 1. The first-order chi connectivity index (χ1) is 15.9. The SMILES string of the molecule is O=C(NC[C@@H]1CCCO1)[C@H]1Cc2cc(C(F)(F)F)ccc2N2CCN(c3ccccc3)C[C@@H]12. The van der Waals surface area contributed by atoms with E-state index in [0.29, 0.717) is 38.2 Å². The van der Waals surface area contributed by atoms with Crippen molar-refractivity contribution in [3.8, 4) is 0 Å². The van der Waals surface area contributed by atoms with E-state index in [1.807, 2.05) is 18.2 Å². The number of piperazine rings is 1. The van der Waals surface area contributed by atoms with Crippen molar-refractivity contribution in [3.63, 3.8) is 0 Å². The van der Waals surface area contributed by atoms with Crippen molar-refractivity contribution in [2.45, 2.75) is 37.6 Å². The third-order valence-corrected chi connectivity index (χ3v) is 7.03. The minimum Gasteiger partial charge on any atom is -0.376 e. The molecule has 0 spiro atoms. The minimum atomic E-state index is -4.41. The predicted molar refractivity (Wildman–Crippen MR) is 120 cm³/mol.